The Hall–Kier alpha value is -0.340. The fourth-order valence-corrected chi connectivity index (χ4v) is 3.44. The Morgan fingerprint density at radius 3 is 2.79 bits per heavy atom. The molecule has 1 atom stereocenters. The molecule has 0 aromatic carbocycles. The van der Waals surface area contributed by atoms with Gasteiger partial charge in [0.25, 0.3) is 0 Å². The quantitative estimate of drug-likeness (QED) is 0.668. The third kappa shape index (κ3) is 4.61. The van der Waals surface area contributed by atoms with Crippen LogP contribution in [0.5, 0.6) is 0 Å². The first kappa shape index (κ1) is 15.1. The van der Waals surface area contributed by atoms with Gasteiger partial charge in [-0.05, 0) is 70.8 Å². The maximum atomic E-state index is 5.68. The second-order valence-electron chi connectivity index (χ2n) is 6.18. The molecule has 0 spiro atoms. The zero-order valence-corrected chi connectivity index (χ0v) is 12.8. The van der Waals surface area contributed by atoms with Gasteiger partial charge in [-0.2, -0.15) is 0 Å². The minimum Gasteiger partial charge on any atom is -0.378 e. The standard InChI is InChI=1S/C17H31NO/c1-3-10-18-17(15-8-6-5-7-9-15)13-14-11-16(12-14)19-4-2/h8,14,16-18H,3-7,9-13H2,1-2H3. The zero-order chi connectivity index (χ0) is 13.5. The summed E-state index contributed by atoms with van der Waals surface area (Å²) in [4.78, 5) is 0. The molecule has 2 rings (SSSR count). The van der Waals surface area contributed by atoms with Crippen molar-refractivity contribution < 1.29 is 4.74 Å². The summed E-state index contributed by atoms with van der Waals surface area (Å²) in [5.74, 6) is 0.883. The topological polar surface area (TPSA) is 21.3 Å². The first-order valence-corrected chi connectivity index (χ1v) is 8.37. The number of hydrogen-bond acceptors (Lipinski definition) is 2. The van der Waals surface area contributed by atoms with Gasteiger partial charge in [0, 0.05) is 12.6 Å². The third-order valence-corrected chi connectivity index (χ3v) is 4.58. The van der Waals surface area contributed by atoms with Crippen LogP contribution in [-0.2, 0) is 4.74 Å². The van der Waals surface area contributed by atoms with Crippen molar-refractivity contribution in [2.45, 2.75) is 77.4 Å². The minimum absolute atomic E-state index is 0.558. The monoisotopic (exact) mass is 265 g/mol. The van der Waals surface area contributed by atoms with Crippen LogP contribution in [0.4, 0.5) is 0 Å². The normalized spacial score (nSPS) is 28.6. The molecule has 0 aliphatic heterocycles. The lowest BCUT2D eigenvalue weighted by Crippen LogP contribution is -2.39. The molecule has 19 heavy (non-hydrogen) atoms. The van der Waals surface area contributed by atoms with Crippen molar-refractivity contribution in [2.24, 2.45) is 5.92 Å². The first-order valence-electron chi connectivity index (χ1n) is 8.37. The van der Waals surface area contributed by atoms with E-state index in [0.29, 0.717) is 12.1 Å². The molecule has 0 radical (unpaired) electrons. The number of ether oxygens (including phenoxy) is 1. The zero-order valence-electron chi connectivity index (χ0n) is 12.8. The van der Waals surface area contributed by atoms with Crippen molar-refractivity contribution in [3.8, 4) is 0 Å². The van der Waals surface area contributed by atoms with Gasteiger partial charge in [0.15, 0.2) is 0 Å². The molecule has 0 amide bonds. The van der Waals surface area contributed by atoms with E-state index in [9.17, 15) is 0 Å². The van der Waals surface area contributed by atoms with Gasteiger partial charge >= 0.3 is 0 Å². The molecule has 2 heteroatoms. The smallest absolute Gasteiger partial charge is 0.0580 e. The fourth-order valence-electron chi connectivity index (χ4n) is 3.44. The van der Waals surface area contributed by atoms with E-state index in [-0.39, 0.29) is 0 Å². The highest BCUT2D eigenvalue weighted by atomic mass is 16.5. The Morgan fingerprint density at radius 1 is 1.32 bits per heavy atom. The van der Waals surface area contributed by atoms with Gasteiger partial charge in [0.05, 0.1) is 6.10 Å². The van der Waals surface area contributed by atoms with E-state index >= 15 is 0 Å². The van der Waals surface area contributed by atoms with E-state index in [4.69, 9.17) is 4.74 Å². The number of nitrogens with one attached hydrogen (secondary N) is 1. The van der Waals surface area contributed by atoms with E-state index < -0.39 is 0 Å². The van der Waals surface area contributed by atoms with Gasteiger partial charge in [0.2, 0.25) is 0 Å². The average Bonchev–Trinajstić information content (AvgIpc) is 2.41. The molecule has 2 aliphatic rings. The van der Waals surface area contributed by atoms with Gasteiger partial charge in [-0.25, -0.2) is 0 Å². The van der Waals surface area contributed by atoms with Crippen LogP contribution in [0.3, 0.4) is 0 Å². The Labute approximate surface area is 119 Å². The Balaban J connectivity index is 1.79. The molecule has 0 bridgehead atoms. The molecule has 2 aliphatic carbocycles. The highest BCUT2D eigenvalue weighted by Gasteiger charge is 2.32. The van der Waals surface area contributed by atoms with Crippen LogP contribution in [0.25, 0.3) is 0 Å². The molecular formula is C17H31NO. The lowest BCUT2D eigenvalue weighted by atomic mass is 9.76. The summed E-state index contributed by atoms with van der Waals surface area (Å²) in [5.41, 5.74) is 1.69. The fraction of sp³-hybridized carbons (Fsp3) is 0.882. The summed E-state index contributed by atoms with van der Waals surface area (Å²) in [6.45, 7) is 6.39. The van der Waals surface area contributed by atoms with Crippen LogP contribution in [0.2, 0.25) is 0 Å². The summed E-state index contributed by atoms with van der Waals surface area (Å²) in [6.07, 6.45) is 13.6. The highest BCUT2D eigenvalue weighted by molar-refractivity contribution is 5.14. The summed E-state index contributed by atoms with van der Waals surface area (Å²) in [7, 11) is 0. The van der Waals surface area contributed by atoms with E-state index in [1.807, 2.05) is 0 Å². The number of hydrogen-bond donors (Lipinski definition) is 1. The lowest BCUT2D eigenvalue weighted by molar-refractivity contribution is -0.0282. The predicted octanol–water partition coefficient (Wildman–Crippen LogP) is 4.06. The van der Waals surface area contributed by atoms with Crippen LogP contribution in [0, 0.1) is 5.92 Å². The molecule has 0 aromatic rings. The molecular weight excluding hydrogens is 234 g/mol. The maximum Gasteiger partial charge on any atom is 0.0580 e. The lowest BCUT2D eigenvalue weighted by Gasteiger charge is -2.38. The van der Waals surface area contributed by atoms with Crippen molar-refractivity contribution in [3.05, 3.63) is 11.6 Å². The number of rotatable bonds is 8. The van der Waals surface area contributed by atoms with E-state index in [2.05, 4.69) is 25.2 Å². The van der Waals surface area contributed by atoms with Crippen LogP contribution < -0.4 is 5.32 Å². The Kier molecular flexibility index (Phi) is 6.39. The molecule has 110 valence electrons. The SMILES string of the molecule is CCCNC(CC1CC(OCC)C1)C1=CCCCC1. The van der Waals surface area contributed by atoms with Crippen LogP contribution in [-0.4, -0.2) is 25.3 Å². The average molecular weight is 265 g/mol. The van der Waals surface area contributed by atoms with Crippen LogP contribution in [0.15, 0.2) is 11.6 Å². The molecule has 1 fully saturated rings. The molecule has 2 nitrogen and oxygen atoms in total. The molecule has 1 N–H and O–H groups in total. The van der Waals surface area contributed by atoms with Crippen molar-refractivity contribution in [1.29, 1.82) is 0 Å². The Morgan fingerprint density at radius 2 is 2.16 bits per heavy atom. The van der Waals surface area contributed by atoms with E-state index in [1.165, 1.54) is 51.4 Å². The van der Waals surface area contributed by atoms with Crippen molar-refractivity contribution in [1.82, 2.24) is 5.32 Å². The summed E-state index contributed by atoms with van der Waals surface area (Å²) >= 11 is 0. The third-order valence-electron chi connectivity index (χ3n) is 4.58. The Bertz CT molecular complexity index is 281. The maximum absolute atomic E-state index is 5.68. The summed E-state index contributed by atoms with van der Waals surface area (Å²) in [6, 6.07) is 0.646. The van der Waals surface area contributed by atoms with Gasteiger partial charge in [-0.3, -0.25) is 0 Å². The van der Waals surface area contributed by atoms with Gasteiger partial charge < -0.3 is 10.1 Å². The van der Waals surface area contributed by atoms with E-state index in [0.717, 1.165) is 19.1 Å². The number of allylic oxidation sites excluding steroid dienone is 1. The van der Waals surface area contributed by atoms with Gasteiger partial charge in [-0.15, -0.1) is 0 Å². The minimum atomic E-state index is 0.558. The second kappa shape index (κ2) is 8.06. The molecule has 0 aromatic heterocycles. The molecule has 1 unspecified atom stereocenters. The molecule has 1 saturated carbocycles. The molecule has 0 saturated heterocycles. The largest absolute Gasteiger partial charge is 0.378 e. The van der Waals surface area contributed by atoms with Gasteiger partial charge in [-0.1, -0.05) is 18.6 Å². The first-order chi connectivity index (χ1) is 9.33. The van der Waals surface area contributed by atoms with Gasteiger partial charge in [0.1, 0.15) is 0 Å². The van der Waals surface area contributed by atoms with Crippen LogP contribution >= 0.6 is 0 Å². The van der Waals surface area contributed by atoms with Crippen LogP contribution in [0.1, 0.15) is 65.2 Å². The highest BCUT2D eigenvalue weighted by Crippen LogP contribution is 2.35. The van der Waals surface area contributed by atoms with E-state index in [1.54, 1.807) is 5.57 Å². The summed E-state index contributed by atoms with van der Waals surface area (Å²) in [5, 5.41) is 3.78. The molecule has 0 heterocycles. The van der Waals surface area contributed by atoms with Crippen molar-refractivity contribution in [3.63, 3.8) is 0 Å². The van der Waals surface area contributed by atoms with Crippen molar-refractivity contribution >= 4 is 0 Å². The second-order valence-corrected chi connectivity index (χ2v) is 6.18. The summed E-state index contributed by atoms with van der Waals surface area (Å²) < 4.78 is 5.68. The van der Waals surface area contributed by atoms with Crippen molar-refractivity contribution in [2.75, 3.05) is 13.2 Å². The predicted molar refractivity (Wildman–Crippen MR) is 81.4 cm³/mol.